The lowest BCUT2D eigenvalue weighted by Crippen LogP contribution is -2.31. The topological polar surface area (TPSA) is 90.4 Å². The van der Waals surface area contributed by atoms with E-state index < -0.39 is 5.97 Å². The summed E-state index contributed by atoms with van der Waals surface area (Å²) in [5.74, 6) is 1.41. The van der Waals surface area contributed by atoms with Gasteiger partial charge in [0.15, 0.2) is 0 Å². The number of rotatable bonds is 8. The number of hydrogen-bond donors (Lipinski definition) is 3. The maximum atomic E-state index is 10.9. The third-order valence-electron chi connectivity index (χ3n) is 6.15. The second-order valence-electron chi connectivity index (χ2n) is 8.78. The minimum atomic E-state index is -0.887. The normalized spacial score (nSPS) is 17.9. The van der Waals surface area contributed by atoms with E-state index in [4.69, 9.17) is 15.1 Å². The molecule has 0 amide bonds. The standard InChI is InChI=1S/C25H31N5O2.CH4/c1-30(2)23-21-5-3-4-6-22(21)28-25(29-23)27-20-13-9-18(10-14-20)16-26-15-17-7-11-19(12-8-17)24(31)32;/h3-8,11-12,18,20,26H,9-10,13-16H2,1-2H3,(H,31,32)(H,27,28,29);1H4. The van der Waals surface area contributed by atoms with Gasteiger partial charge in [-0.3, -0.25) is 0 Å². The van der Waals surface area contributed by atoms with E-state index in [2.05, 4.69) is 16.7 Å². The molecule has 176 valence electrons. The summed E-state index contributed by atoms with van der Waals surface area (Å²) >= 11 is 0. The first-order valence-electron chi connectivity index (χ1n) is 11.2. The van der Waals surface area contributed by atoms with Crippen LogP contribution in [0.1, 0.15) is 49.0 Å². The minimum Gasteiger partial charge on any atom is -0.478 e. The number of anilines is 2. The van der Waals surface area contributed by atoms with Crippen molar-refractivity contribution >= 4 is 28.6 Å². The zero-order valence-electron chi connectivity index (χ0n) is 18.7. The fraction of sp³-hybridized carbons (Fsp3) is 0.423. The van der Waals surface area contributed by atoms with Crippen molar-refractivity contribution in [3.8, 4) is 0 Å². The van der Waals surface area contributed by atoms with Crippen molar-refractivity contribution in [2.24, 2.45) is 5.92 Å². The largest absolute Gasteiger partial charge is 0.478 e. The van der Waals surface area contributed by atoms with Crippen molar-refractivity contribution in [3.05, 3.63) is 59.7 Å². The maximum Gasteiger partial charge on any atom is 0.335 e. The third kappa shape index (κ3) is 6.20. The van der Waals surface area contributed by atoms with Crippen LogP contribution in [0.3, 0.4) is 0 Å². The van der Waals surface area contributed by atoms with Gasteiger partial charge in [0.25, 0.3) is 0 Å². The lowest BCUT2D eigenvalue weighted by molar-refractivity contribution is 0.0697. The number of nitrogens with zero attached hydrogens (tertiary/aromatic N) is 3. The van der Waals surface area contributed by atoms with E-state index in [9.17, 15) is 4.79 Å². The Morgan fingerprint density at radius 3 is 2.39 bits per heavy atom. The molecule has 7 heteroatoms. The summed E-state index contributed by atoms with van der Waals surface area (Å²) in [6, 6.07) is 15.6. The highest BCUT2D eigenvalue weighted by atomic mass is 16.4. The molecule has 33 heavy (non-hydrogen) atoms. The van der Waals surface area contributed by atoms with Crippen molar-refractivity contribution in [2.75, 3.05) is 30.9 Å². The van der Waals surface area contributed by atoms with Crippen molar-refractivity contribution in [1.82, 2.24) is 15.3 Å². The van der Waals surface area contributed by atoms with E-state index in [-0.39, 0.29) is 7.43 Å². The van der Waals surface area contributed by atoms with Crippen LogP contribution in [-0.2, 0) is 6.54 Å². The molecule has 1 saturated carbocycles. The van der Waals surface area contributed by atoms with Crippen LogP contribution in [0.25, 0.3) is 10.9 Å². The van der Waals surface area contributed by atoms with Crippen LogP contribution in [0.5, 0.6) is 0 Å². The molecule has 0 spiro atoms. The van der Waals surface area contributed by atoms with Gasteiger partial charge in [-0.25, -0.2) is 9.78 Å². The first-order chi connectivity index (χ1) is 15.5. The summed E-state index contributed by atoms with van der Waals surface area (Å²) in [5.41, 5.74) is 2.39. The van der Waals surface area contributed by atoms with E-state index in [1.165, 1.54) is 0 Å². The molecular weight excluding hydrogens is 414 g/mol. The molecule has 7 nitrogen and oxygen atoms in total. The monoisotopic (exact) mass is 449 g/mol. The quantitative estimate of drug-likeness (QED) is 0.455. The summed E-state index contributed by atoms with van der Waals surface area (Å²) in [6.45, 7) is 1.74. The highest BCUT2D eigenvalue weighted by molar-refractivity contribution is 5.90. The number of carboxylic acids is 1. The smallest absolute Gasteiger partial charge is 0.335 e. The minimum absolute atomic E-state index is 0. The Morgan fingerprint density at radius 2 is 1.73 bits per heavy atom. The summed E-state index contributed by atoms with van der Waals surface area (Å²) in [6.07, 6.45) is 4.54. The van der Waals surface area contributed by atoms with Crippen LogP contribution in [0.4, 0.5) is 11.8 Å². The van der Waals surface area contributed by atoms with Crippen molar-refractivity contribution in [3.63, 3.8) is 0 Å². The van der Waals surface area contributed by atoms with Gasteiger partial charge in [-0.05, 0) is 68.0 Å². The van der Waals surface area contributed by atoms with Crippen LogP contribution in [0.2, 0.25) is 0 Å². The average molecular weight is 450 g/mol. The van der Waals surface area contributed by atoms with Gasteiger partial charge in [-0.2, -0.15) is 4.98 Å². The molecular formula is C26H35N5O2. The van der Waals surface area contributed by atoms with Gasteiger partial charge in [-0.15, -0.1) is 0 Å². The molecule has 0 aliphatic heterocycles. The second-order valence-corrected chi connectivity index (χ2v) is 8.78. The molecule has 4 rings (SSSR count). The zero-order chi connectivity index (χ0) is 22.5. The van der Waals surface area contributed by atoms with Gasteiger partial charge in [0.1, 0.15) is 5.82 Å². The van der Waals surface area contributed by atoms with Crippen LogP contribution in [0.15, 0.2) is 48.5 Å². The van der Waals surface area contributed by atoms with Crippen LogP contribution in [-0.4, -0.2) is 47.7 Å². The maximum absolute atomic E-state index is 10.9. The number of hydrogen-bond acceptors (Lipinski definition) is 6. The Morgan fingerprint density at radius 1 is 1.03 bits per heavy atom. The second kappa shape index (κ2) is 11.1. The number of carbonyl (C=O) groups is 1. The molecule has 1 aromatic heterocycles. The number of aromatic carboxylic acids is 1. The highest BCUT2D eigenvalue weighted by Crippen LogP contribution is 2.28. The number of benzene rings is 2. The fourth-order valence-electron chi connectivity index (χ4n) is 4.34. The SMILES string of the molecule is C.CN(C)c1nc(NC2CCC(CNCc3ccc(C(=O)O)cc3)CC2)nc2ccccc12. The Balaban J connectivity index is 0.00000306. The van der Waals surface area contributed by atoms with Gasteiger partial charge in [0.05, 0.1) is 11.1 Å². The molecule has 0 unspecified atom stereocenters. The lowest BCUT2D eigenvalue weighted by Gasteiger charge is -2.29. The fourth-order valence-corrected chi connectivity index (χ4v) is 4.34. The molecule has 0 bridgehead atoms. The summed E-state index contributed by atoms with van der Waals surface area (Å²) in [5, 5.41) is 17.1. The lowest BCUT2D eigenvalue weighted by atomic mass is 9.86. The number of fused-ring (bicyclic) bond motifs is 1. The Hall–Kier alpha value is -3.19. The first-order valence-corrected chi connectivity index (χ1v) is 11.2. The third-order valence-corrected chi connectivity index (χ3v) is 6.15. The Bertz CT molecular complexity index is 1060. The van der Waals surface area contributed by atoms with Crippen molar-refractivity contribution in [2.45, 2.75) is 45.7 Å². The summed E-state index contributed by atoms with van der Waals surface area (Å²) in [4.78, 5) is 22.5. The summed E-state index contributed by atoms with van der Waals surface area (Å²) in [7, 11) is 4.02. The number of nitrogens with one attached hydrogen (secondary N) is 2. The Kier molecular flexibility index (Phi) is 8.22. The van der Waals surface area contributed by atoms with Gasteiger partial charge >= 0.3 is 5.97 Å². The van der Waals surface area contributed by atoms with Crippen LogP contribution in [0, 0.1) is 5.92 Å². The predicted molar refractivity (Wildman–Crippen MR) is 135 cm³/mol. The average Bonchev–Trinajstić information content (AvgIpc) is 2.80. The molecule has 2 aromatic carbocycles. The molecule has 1 aliphatic carbocycles. The number of aromatic nitrogens is 2. The van der Waals surface area contributed by atoms with E-state index in [0.29, 0.717) is 23.5 Å². The molecule has 1 aliphatic rings. The van der Waals surface area contributed by atoms with Crippen molar-refractivity contribution in [1.29, 1.82) is 0 Å². The van der Waals surface area contributed by atoms with Crippen molar-refractivity contribution < 1.29 is 9.90 Å². The van der Waals surface area contributed by atoms with Crippen LogP contribution < -0.4 is 15.5 Å². The van der Waals surface area contributed by atoms with E-state index in [1.807, 2.05) is 49.3 Å². The Labute approximate surface area is 196 Å². The van der Waals surface area contributed by atoms with Gasteiger partial charge in [-0.1, -0.05) is 31.7 Å². The van der Waals surface area contributed by atoms with Gasteiger partial charge < -0.3 is 20.6 Å². The summed E-state index contributed by atoms with van der Waals surface area (Å²) < 4.78 is 0. The first kappa shape index (κ1) is 24.5. The molecule has 3 aromatic rings. The molecule has 1 fully saturated rings. The number of para-hydroxylation sites is 1. The van der Waals surface area contributed by atoms with Gasteiger partial charge in [0, 0.05) is 32.1 Å². The van der Waals surface area contributed by atoms with E-state index >= 15 is 0 Å². The molecule has 0 atom stereocenters. The van der Waals surface area contributed by atoms with Crippen LogP contribution >= 0.6 is 0 Å². The molecule has 0 saturated heterocycles. The highest BCUT2D eigenvalue weighted by Gasteiger charge is 2.22. The number of carboxylic acid groups (broad SMARTS) is 1. The van der Waals surface area contributed by atoms with E-state index in [1.54, 1.807) is 12.1 Å². The zero-order valence-corrected chi connectivity index (χ0v) is 18.7. The molecule has 1 heterocycles. The molecule has 0 radical (unpaired) electrons. The molecule has 3 N–H and O–H groups in total. The van der Waals surface area contributed by atoms with E-state index in [0.717, 1.165) is 61.1 Å². The van der Waals surface area contributed by atoms with Gasteiger partial charge in [0.2, 0.25) is 5.95 Å². The predicted octanol–water partition coefficient (Wildman–Crippen LogP) is 4.79.